The Morgan fingerprint density at radius 2 is 1.27 bits per heavy atom. The molecule has 7 atom stereocenters. The van der Waals surface area contributed by atoms with Gasteiger partial charge in [-0.05, 0) is 57.8 Å². The lowest BCUT2D eigenvalue weighted by Crippen LogP contribution is -2.47. The normalized spacial score (nSPS) is 18.0. The zero-order chi connectivity index (χ0) is 33.9. The molecule has 0 rings (SSSR count). The molecule has 2 unspecified atom stereocenters. The van der Waals surface area contributed by atoms with Crippen molar-refractivity contribution in [3.63, 3.8) is 0 Å². The van der Waals surface area contributed by atoms with E-state index in [0.29, 0.717) is 6.42 Å². The average Bonchev–Trinajstić information content (AvgIpc) is 3.02. The van der Waals surface area contributed by atoms with Crippen LogP contribution in [0.15, 0.2) is 24.3 Å². The Kier molecular flexibility index (Phi) is 26.1. The monoisotopic (exact) mass is 655 g/mol. The fourth-order valence-corrected chi connectivity index (χ4v) is 5.07. The van der Waals surface area contributed by atoms with E-state index in [1.54, 1.807) is 0 Å². The largest absolute Gasteiger partial charge is 0.472 e. The molecule has 0 heterocycles. The molecule has 0 saturated carbocycles. The van der Waals surface area contributed by atoms with Gasteiger partial charge in [-0.1, -0.05) is 69.8 Å². The summed E-state index contributed by atoms with van der Waals surface area (Å²) in [6.07, 6.45) is 16.1. The topological polar surface area (TPSA) is 203 Å². The van der Waals surface area contributed by atoms with E-state index >= 15 is 0 Å². The number of hydrogen-bond acceptors (Lipinski definition) is 11. The van der Waals surface area contributed by atoms with Crippen LogP contribution >= 0.6 is 7.82 Å². The van der Waals surface area contributed by atoms with Gasteiger partial charge in [0.05, 0.1) is 21.2 Å². The molecule has 0 bridgehead atoms. The van der Waals surface area contributed by atoms with Crippen molar-refractivity contribution in [2.45, 2.75) is 140 Å². The smallest absolute Gasteiger partial charge is 0.463 e. The first kappa shape index (κ1) is 40.8. The van der Waals surface area contributed by atoms with E-state index in [-0.39, 0.29) is 6.42 Å². The van der Waals surface area contributed by atoms with Gasteiger partial charge in [0, 0.05) is 6.42 Å². The van der Waals surface area contributed by atoms with Gasteiger partial charge < -0.3 is 40.3 Å². The second-order valence-electron chi connectivity index (χ2n) is 10.9. The van der Waals surface area contributed by atoms with E-state index in [9.17, 15) is 39.8 Å². The van der Waals surface area contributed by atoms with Crippen molar-refractivity contribution >= 4 is 13.8 Å². The van der Waals surface area contributed by atoms with Crippen LogP contribution in [0.3, 0.4) is 0 Å². The van der Waals surface area contributed by atoms with Crippen LogP contribution in [0.5, 0.6) is 0 Å². The Balaban J connectivity index is 3.96. The van der Waals surface area contributed by atoms with Crippen molar-refractivity contribution in [1.82, 2.24) is 0 Å². The molecule has 0 aliphatic rings. The van der Waals surface area contributed by atoms with Gasteiger partial charge in [-0.3, -0.25) is 13.8 Å². The van der Waals surface area contributed by atoms with Crippen molar-refractivity contribution < 1.29 is 60.0 Å². The molecular weight excluding hydrogens is 595 g/mol. The molecule has 0 spiro atoms. The van der Waals surface area contributed by atoms with Crippen LogP contribution in [0.25, 0.3) is 0 Å². The molecule has 0 aliphatic carbocycles. The number of aliphatic hydroxyl groups excluding tert-OH is 6. The molecule has 0 aromatic carbocycles. The molecule has 0 aliphatic heterocycles. The molecule has 0 fully saturated rings. The molecule has 0 saturated heterocycles. The molecule has 13 heteroatoms. The second-order valence-corrected chi connectivity index (χ2v) is 12.3. The number of allylic oxidation sites excluding steroid dienone is 4. The van der Waals surface area contributed by atoms with E-state index in [2.05, 4.69) is 40.3 Å². The van der Waals surface area contributed by atoms with E-state index in [1.807, 2.05) is 0 Å². The van der Waals surface area contributed by atoms with Crippen LogP contribution in [0.2, 0.25) is 0 Å². The fraction of sp³-hybridized carbons (Fsp3) is 0.839. The van der Waals surface area contributed by atoms with Crippen LogP contribution < -0.4 is 0 Å². The maximum absolute atomic E-state index is 12.1. The Bertz CT molecular complexity index is 830. The van der Waals surface area contributed by atoms with Gasteiger partial charge in [0.2, 0.25) is 0 Å². The predicted molar refractivity (Wildman–Crippen MR) is 168 cm³/mol. The van der Waals surface area contributed by atoms with Gasteiger partial charge in [0.25, 0.3) is 0 Å². The van der Waals surface area contributed by atoms with Crippen molar-refractivity contribution in [3.05, 3.63) is 24.3 Å². The summed E-state index contributed by atoms with van der Waals surface area (Å²) in [5.41, 5.74) is 0. The van der Waals surface area contributed by atoms with Crippen LogP contribution in [-0.2, 0) is 23.1 Å². The van der Waals surface area contributed by atoms with Gasteiger partial charge in [-0.15, -0.1) is 0 Å². The van der Waals surface area contributed by atoms with Crippen LogP contribution in [0.4, 0.5) is 0 Å². The number of phosphoric ester groups is 1. The zero-order valence-corrected chi connectivity index (χ0v) is 27.2. The number of carbonyl (C=O) groups is 1. The third-order valence-corrected chi connectivity index (χ3v) is 7.84. The minimum absolute atomic E-state index is 0.0556. The third-order valence-electron chi connectivity index (χ3n) is 6.83. The predicted octanol–water partition coefficient (Wildman–Crippen LogP) is 3.83. The van der Waals surface area contributed by atoms with Crippen LogP contribution in [-0.4, -0.2) is 98.4 Å². The number of unbranched alkanes of at least 4 members (excludes halogenated alkanes) is 12. The van der Waals surface area contributed by atoms with Gasteiger partial charge in [0.15, 0.2) is 0 Å². The number of carbonyl (C=O) groups excluding carboxylic acids is 1. The Hall–Kier alpha value is -1.18. The number of hydrogen-bond donors (Lipinski definition) is 7. The lowest BCUT2D eigenvalue weighted by molar-refractivity contribution is -0.147. The minimum atomic E-state index is -5.04. The molecule has 7 N–H and O–H groups in total. The highest BCUT2D eigenvalue weighted by Gasteiger charge is 2.37. The first-order chi connectivity index (χ1) is 21.5. The number of ether oxygens (including phenoxy) is 1. The second kappa shape index (κ2) is 28.1. The average molecular weight is 656 g/mol. The summed E-state index contributed by atoms with van der Waals surface area (Å²) in [7, 11) is -5.04. The highest BCUT2D eigenvalue weighted by Crippen LogP contribution is 2.45. The first-order valence-corrected chi connectivity index (χ1v) is 17.5. The van der Waals surface area contributed by atoms with E-state index in [1.165, 1.54) is 44.9 Å². The van der Waals surface area contributed by atoms with Crippen LogP contribution in [0.1, 0.15) is 111 Å². The van der Waals surface area contributed by atoms with E-state index in [0.717, 1.165) is 44.9 Å². The molecule has 260 valence electrons. The molecule has 0 aromatic rings. The van der Waals surface area contributed by atoms with Crippen molar-refractivity contribution in [2.75, 3.05) is 26.4 Å². The van der Waals surface area contributed by atoms with E-state index in [4.69, 9.17) is 11.2 Å². The maximum atomic E-state index is 12.1. The number of phosphoric acid groups is 1. The van der Waals surface area contributed by atoms with Crippen molar-refractivity contribution in [2.24, 2.45) is 0 Å². The van der Waals surface area contributed by atoms with E-state index < -0.39 is 70.7 Å². The summed E-state index contributed by atoms with van der Waals surface area (Å²) in [6, 6.07) is 0. The molecule has 0 radical (unpaired) electrons. The summed E-state index contributed by atoms with van der Waals surface area (Å²) in [4.78, 5) is 21.8. The Morgan fingerprint density at radius 1 is 0.773 bits per heavy atom. The summed E-state index contributed by atoms with van der Waals surface area (Å²) in [5, 5.41) is 57.0. The Labute approximate surface area is 264 Å². The quantitative estimate of drug-likeness (QED) is 0.0255. The zero-order valence-electron chi connectivity index (χ0n) is 27.3. The lowest BCUT2D eigenvalue weighted by Gasteiger charge is -2.28. The number of aliphatic hydroxyl groups is 6. The van der Waals surface area contributed by atoms with Gasteiger partial charge in [-0.25, -0.2) is 4.57 Å². The van der Waals surface area contributed by atoms with Gasteiger partial charge >= 0.3 is 13.8 Å². The van der Waals surface area contributed by atoms with Crippen molar-refractivity contribution in [3.8, 4) is 0 Å². The molecule has 12 nitrogen and oxygen atoms in total. The van der Waals surface area contributed by atoms with Crippen molar-refractivity contribution in [1.29, 1.82) is 0 Å². The summed E-state index contributed by atoms with van der Waals surface area (Å²) < 4.78 is 33.8. The standard InChI is InChI=1S/C31H59O12P/c1-2-3-4-5-6-7-8-9-10-11-12-13-14-15-16-17-18-19-20-21-29(36)41-24-26(34)25-42-44(39,40)43-28(23-33)31(38)30(37)27(35)22-32/h6-7,12-13,26-28,30-35,37-38H,2-5,8-11,14-25H2,1H3,(H,39,40)/b7-6-,13-12-/t26-,27-,28-,30-,31-/m1/s1/i24D/t24?,26-,27-,28-,30-,31-. The highest BCUT2D eigenvalue weighted by atomic mass is 31.2. The van der Waals surface area contributed by atoms with Gasteiger partial charge in [0.1, 0.15) is 37.1 Å². The maximum Gasteiger partial charge on any atom is 0.472 e. The van der Waals surface area contributed by atoms with Gasteiger partial charge in [-0.2, -0.15) is 0 Å². The highest BCUT2D eigenvalue weighted by molar-refractivity contribution is 7.47. The number of esters is 1. The molecule has 0 aromatic heterocycles. The summed E-state index contributed by atoms with van der Waals surface area (Å²) in [6.45, 7) is -2.54. The lowest BCUT2D eigenvalue weighted by atomic mass is 10.0. The SMILES string of the molecule is [2H]C(OC(=O)CCCCCCCC/C=C\CCCC/C=C\CCCCC)[C@@H](O)COP(=O)(O)O[C@H](CO)[C@@H](O)[C@H](O)[C@H](O)CO. The van der Waals surface area contributed by atoms with Crippen LogP contribution in [0, 0.1) is 0 Å². The first-order valence-electron chi connectivity index (χ1n) is 16.6. The molecule has 44 heavy (non-hydrogen) atoms. The fourth-order valence-electron chi connectivity index (χ4n) is 4.13. The Morgan fingerprint density at radius 3 is 1.80 bits per heavy atom. The number of rotatable bonds is 30. The summed E-state index contributed by atoms with van der Waals surface area (Å²) in [5.74, 6) is -0.703. The minimum Gasteiger partial charge on any atom is -0.463 e. The molecular formula is C31H59O12P. The summed E-state index contributed by atoms with van der Waals surface area (Å²) >= 11 is 0. The molecule has 0 amide bonds. The third kappa shape index (κ3) is 24.1.